The van der Waals surface area contributed by atoms with Crippen molar-refractivity contribution in [1.82, 2.24) is 5.16 Å². The molecule has 0 bridgehead atoms. The molecule has 1 heterocycles. The molecule has 1 N–H and O–H groups in total. The van der Waals surface area contributed by atoms with Crippen molar-refractivity contribution in [2.24, 2.45) is 5.16 Å². The van der Waals surface area contributed by atoms with E-state index in [-0.39, 0.29) is 29.3 Å². The van der Waals surface area contributed by atoms with E-state index in [0.717, 1.165) is 9.46 Å². The maximum atomic E-state index is 8.33. The first-order chi connectivity index (χ1) is 12.4. The minimum Gasteiger partial charge on any atom is -0.411 e. The zero-order valence-electron chi connectivity index (χ0n) is 19.8. The number of oxime groups is 1. The van der Waals surface area contributed by atoms with Crippen LogP contribution in [-0.2, 0) is 15.5 Å². The molecular formula is C19H39ClIN2O4Si2-. The zero-order valence-corrected chi connectivity index (χ0v) is 24.7. The number of hydrogen-bond acceptors (Lipinski definition) is 6. The summed E-state index contributed by atoms with van der Waals surface area (Å²) in [7, 11) is -3.42. The van der Waals surface area contributed by atoms with Crippen LogP contribution in [0.25, 0.3) is 0 Å². The number of halogens is 2. The van der Waals surface area contributed by atoms with Gasteiger partial charge in [0.2, 0.25) is 0 Å². The van der Waals surface area contributed by atoms with E-state index in [2.05, 4.69) is 101 Å². The van der Waals surface area contributed by atoms with Crippen LogP contribution in [0.1, 0.15) is 47.2 Å². The van der Waals surface area contributed by atoms with Crippen molar-refractivity contribution in [3.8, 4) is 0 Å². The van der Waals surface area contributed by atoms with Crippen molar-refractivity contribution in [3.63, 3.8) is 0 Å². The Morgan fingerprint density at radius 1 is 1.10 bits per heavy atom. The number of hydrogen-bond donors (Lipinski definition) is 1. The molecule has 0 aliphatic heterocycles. The summed E-state index contributed by atoms with van der Waals surface area (Å²) in [6.45, 7) is 22.6. The van der Waals surface area contributed by atoms with Crippen molar-refractivity contribution < 1.29 is 18.6 Å². The van der Waals surface area contributed by atoms with Crippen molar-refractivity contribution in [2.75, 3.05) is 6.61 Å². The molecule has 1 aromatic heterocycles. The van der Waals surface area contributed by atoms with E-state index >= 15 is 0 Å². The van der Waals surface area contributed by atoms with Gasteiger partial charge in [-0.2, -0.15) is 0 Å². The van der Waals surface area contributed by atoms with E-state index in [9.17, 15) is 0 Å². The fourth-order valence-corrected chi connectivity index (χ4v) is 3.79. The SMILES string of the molecule is CC(C)(C)[Si](C)(C)OC/C(Cl)=N/O.CC(C)(C)[Si](C)(C)OCc1cc(I)on1.[CH3-]. The molecular weight excluding hydrogens is 539 g/mol. The predicted octanol–water partition coefficient (Wildman–Crippen LogP) is 7.29. The van der Waals surface area contributed by atoms with Gasteiger partial charge in [0, 0.05) is 28.7 Å². The van der Waals surface area contributed by atoms with Crippen LogP contribution < -0.4 is 0 Å². The smallest absolute Gasteiger partial charge is 0.196 e. The molecule has 1 aromatic rings. The Hall–Kier alpha value is 0.0538. The summed E-state index contributed by atoms with van der Waals surface area (Å²) in [6.07, 6.45) is 0. The molecule has 0 aromatic carbocycles. The highest BCUT2D eigenvalue weighted by molar-refractivity contribution is 14.1. The van der Waals surface area contributed by atoms with Gasteiger partial charge < -0.3 is 26.0 Å². The maximum Gasteiger partial charge on any atom is 0.196 e. The third-order valence-electron chi connectivity index (χ3n) is 5.38. The molecule has 1 rings (SSSR count). The average molecular weight is 578 g/mol. The topological polar surface area (TPSA) is 77.1 Å². The van der Waals surface area contributed by atoms with Gasteiger partial charge >= 0.3 is 0 Å². The molecule has 172 valence electrons. The van der Waals surface area contributed by atoms with Crippen LogP contribution in [0.15, 0.2) is 15.7 Å². The monoisotopic (exact) mass is 577 g/mol. The van der Waals surface area contributed by atoms with Gasteiger partial charge in [0.1, 0.15) is 5.69 Å². The number of rotatable bonds is 6. The van der Waals surface area contributed by atoms with Gasteiger partial charge in [-0.1, -0.05) is 63.5 Å². The highest BCUT2D eigenvalue weighted by atomic mass is 127. The molecule has 0 aliphatic carbocycles. The molecule has 29 heavy (non-hydrogen) atoms. The quantitative estimate of drug-likeness (QED) is 0.0959. The van der Waals surface area contributed by atoms with Crippen LogP contribution in [0.5, 0.6) is 0 Å². The lowest BCUT2D eigenvalue weighted by Crippen LogP contribution is -2.41. The summed E-state index contributed by atoms with van der Waals surface area (Å²) in [5.41, 5.74) is 0.879. The molecule has 0 aliphatic rings. The Morgan fingerprint density at radius 3 is 1.90 bits per heavy atom. The minimum atomic E-state index is -1.76. The number of nitrogens with zero attached hydrogens (tertiary/aromatic N) is 2. The fourth-order valence-electron chi connectivity index (χ4n) is 1.31. The third-order valence-corrected chi connectivity index (χ3v) is 15.0. The lowest BCUT2D eigenvalue weighted by Gasteiger charge is -2.35. The third kappa shape index (κ3) is 11.3. The van der Waals surface area contributed by atoms with Gasteiger partial charge in [-0.3, -0.25) is 0 Å². The summed E-state index contributed by atoms with van der Waals surface area (Å²) in [4.78, 5) is 0. The Kier molecular flexibility index (Phi) is 13.1. The van der Waals surface area contributed by atoms with Gasteiger partial charge in [-0.25, -0.2) is 0 Å². The molecule has 0 fully saturated rings. The molecule has 0 saturated heterocycles. The van der Waals surface area contributed by atoms with Crippen LogP contribution in [0.2, 0.25) is 36.3 Å². The molecule has 0 unspecified atom stereocenters. The molecule has 0 atom stereocenters. The standard InChI is InChI=1S/C10H18INO2Si.C8H18ClNO2Si.CH3/c1-10(2,3)15(4,5)13-7-8-6-9(11)14-12-8;1-8(2,3)13(4,5)12-6-7(9)10-11;/h6H,7H2,1-5H3;11H,6H2,1-5H3;1H3/q;;-1/b;10-7-;. The van der Waals surface area contributed by atoms with Gasteiger partial charge in [0.05, 0.1) is 13.2 Å². The van der Waals surface area contributed by atoms with Crippen LogP contribution in [0.3, 0.4) is 0 Å². The van der Waals surface area contributed by atoms with E-state index in [0.29, 0.717) is 6.61 Å². The van der Waals surface area contributed by atoms with Crippen LogP contribution >= 0.6 is 34.2 Å². The maximum absolute atomic E-state index is 8.33. The van der Waals surface area contributed by atoms with Gasteiger partial charge in [-0.05, 0) is 36.3 Å². The van der Waals surface area contributed by atoms with Crippen molar-refractivity contribution >= 4 is 56.0 Å². The molecule has 10 heteroatoms. The molecule has 0 spiro atoms. The Labute approximate surface area is 198 Å². The summed E-state index contributed by atoms with van der Waals surface area (Å²) in [5.74, 6) is 0. The summed E-state index contributed by atoms with van der Waals surface area (Å²) in [5, 5.41) is 15.6. The highest BCUT2D eigenvalue weighted by Crippen LogP contribution is 2.37. The summed E-state index contributed by atoms with van der Waals surface area (Å²) < 4.78 is 17.5. The van der Waals surface area contributed by atoms with E-state index < -0.39 is 16.6 Å². The first-order valence-electron chi connectivity index (χ1n) is 9.18. The normalized spacial score (nSPS) is 13.4. The second-order valence-electron chi connectivity index (χ2n) is 9.70. The highest BCUT2D eigenvalue weighted by Gasteiger charge is 2.38. The minimum absolute atomic E-state index is 0. The summed E-state index contributed by atoms with van der Waals surface area (Å²) >= 11 is 7.62. The van der Waals surface area contributed by atoms with Crippen molar-refractivity contribution in [1.29, 1.82) is 0 Å². The lowest BCUT2D eigenvalue weighted by molar-refractivity contribution is 0.262. The predicted molar refractivity (Wildman–Crippen MR) is 136 cm³/mol. The lowest BCUT2D eigenvalue weighted by atomic mass is 10.2. The van der Waals surface area contributed by atoms with E-state index in [4.69, 9.17) is 30.2 Å². The van der Waals surface area contributed by atoms with Crippen LogP contribution in [-0.4, -0.2) is 38.8 Å². The number of aromatic nitrogens is 1. The Balaban J connectivity index is 0. The zero-order chi connectivity index (χ0) is 22.4. The van der Waals surface area contributed by atoms with Gasteiger partial charge in [0.15, 0.2) is 25.6 Å². The van der Waals surface area contributed by atoms with Crippen molar-refractivity contribution in [2.45, 2.75) is 84.4 Å². The first-order valence-corrected chi connectivity index (χ1v) is 16.5. The van der Waals surface area contributed by atoms with E-state index in [1.165, 1.54) is 0 Å². The van der Waals surface area contributed by atoms with Gasteiger partial charge in [0.25, 0.3) is 0 Å². The molecule has 0 saturated carbocycles. The molecule has 0 amide bonds. The second kappa shape index (κ2) is 12.2. The van der Waals surface area contributed by atoms with Gasteiger partial charge in [-0.15, -0.1) is 0 Å². The first kappa shape index (κ1) is 31.2. The van der Waals surface area contributed by atoms with E-state index in [1.54, 1.807) is 0 Å². The largest absolute Gasteiger partial charge is 0.411 e. The van der Waals surface area contributed by atoms with Crippen molar-refractivity contribution in [3.05, 3.63) is 23.0 Å². The van der Waals surface area contributed by atoms with E-state index in [1.807, 2.05) is 6.07 Å². The molecule has 6 nitrogen and oxygen atoms in total. The average Bonchev–Trinajstić information content (AvgIpc) is 2.95. The summed E-state index contributed by atoms with van der Waals surface area (Å²) in [6, 6.07) is 1.91. The van der Waals surface area contributed by atoms with Crippen LogP contribution in [0, 0.1) is 11.2 Å². The van der Waals surface area contributed by atoms with Crippen LogP contribution in [0.4, 0.5) is 0 Å². The second-order valence-corrected chi connectivity index (χ2v) is 20.8. The Bertz CT molecular complexity index is 639. The Morgan fingerprint density at radius 2 is 1.55 bits per heavy atom. The fraction of sp³-hybridized carbons (Fsp3) is 0.737. The molecule has 0 radical (unpaired) electrons.